The van der Waals surface area contributed by atoms with E-state index in [-0.39, 0.29) is 5.41 Å². The minimum Gasteiger partial charge on any atom is -0.310 e. The Hall–Kier alpha value is -5.66. The lowest BCUT2D eigenvalue weighted by Gasteiger charge is -2.26. The van der Waals surface area contributed by atoms with E-state index < -0.39 is 0 Å². The first-order chi connectivity index (χ1) is 22.6. The van der Waals surface area contributed by atoms with E-state index in [1.54, 1.807) is 0 Å². The molecule has 0 spiro atoms. The third-order valence-corrected chi connectivity index (χ3v) is 10.0. The van der Waals surface area contributed by atoms with Gasteiger partial charge in [0.05, 0.1) is 0 Å². The summed E-state index contributed by atoms with van der Waals surface area (Å²) in [5.74, 6) is 0. The molecular weight excluding hydrogens is 555 g/mol. The summed E-state index contributed by atoms with van der Waals surface area (Å²) in [6, 6.07) is 60.1. The third kappa shape index (κ3) is 4.09. The normalized spacial score (nSPS) is 13.2. The van der Waals surface area contributed by atoms with Crippen LogP contribution < -0.4 is 4.90 Å². The van der Waals surface area contributed by atoms with Crippen LogP contribution in [0.3, 0.4) is 0 Å². The fourth-order valence-electron chi connectivity index (χ4n) is 7.67. The summed E-state index contributed by atoms with van der Waals surface area (Å²) in [7, 11) is 0. The molecule has 1 aliphatic carbocycles. The van der Waals surface area contributed by atoms with Crippen molar-refractivity contribution in [1.82, 2.24) is 0 Å². The number of anilines is 3. The Morgan fingerprint density at radius 1 is 0.391 bits per heavy atom. The Labute approximate surface area is 270 Å². The third-order valence-electron chi connectivity index (χ3n) is 10.0. The fraction of sp³-hybridized carbons (Fsp3) is 0.0667. The minimum absolute atomic E-state index is 0.0110. The Bertz CT molecular complexity index is 2420. The number of para-hydroxylation sites is 1. The summed E-state index contributed by atoms with van der Waals surface area (Å²) < 4.78 is 0. The SMILES string of the molecule is CC1(C)c2ccccc2-c2cc3c(ccc4ccc5cc(N(c6ccccc6)c6ccc(-c7ccccc7)cc6)ccc5c43)cc21. The van der Waals surface area contributed by atoms with E-state index in [2.05, 4.69) is 183 Å². The molecule has 0 fully saturated rings. The van der Waals surface area contributed by atoms with E-state index in [1.807, 2.05) is 0 Å². The van der Waals surface area contributed by atoms with Crippen molar-refractivity contribution in [3.05, 3.63) is 175 Å². The molecule has 0 heterocycles. The zero-order valence-corrected chi connectivity index (χ0v) is 26.0. The van der Waals surface area contributed by atoms with Crippen LogP contribution in [0.2, 0.25) is 0 Å². The summed E-state index contributed by atoms with van der Waals surface area (Å²) in [4.78, 5) is 2.35. The van der Waals surface area contributed by atoms with Crippen LogP contribution in [0.4, 0.5) is 17.1 Å². The lowest BCUT2D eigenvalue weighted by atomic mass is 9.81. The number of hydrogen-bond acceptors (Lipinski definition) is 1. The molecule has 8 aromatic carbocycles. The number of nitrogens with zero attached hydrogens (tertiary/aromatic N) is 1. The van der Waals surface area contributed by atoms with Crippen molar-refractivity contribution in [2.45, 2.75) is 19.3 Å². The zero-order chi connectivity index (χ0) is 30.8. The maximum atomic E-state index is 2.46. The van der Waals surface area contributed by atoms with Crippen molar-refractivity contribution >= 4 is 49.4 Å². The molecule has 0 radical (unpaired) electrons. The van der Waals surface area contributed by atoms with Gasteiger partial charge in [0.1, 0.15) is 0 Å². The first-order valence-corrected chi connectivity index (χ1v) is 16.1. The molecule has 0 bridgehead atoms. The van der Waals surface area contributed by atoms with Gasteiger partial charge in [-0.3, -0.25) is 0 Å². The molecule has 0 saturated heterocycles. The predicted molar refractivity (Wildman–Crippen MR) is 197 cm³/mol. The van der Waals surface area contributed by atoms with E-state index in [0.29, 0.717) is 0 Å². The van der Waals surface area contributed by atoms with Gasteiger partial charge < -0.3 is 4.90 Å². The second kappa shape index (κ2) is 10.2. The van der Waals surface area contributed by atoms with Gasteiger partial charge in [0, 0.05) is 22.5 Å². The van der Waals surface area contributed by atoms with E-state index >= 15 is 0 Å². The van der Waals surface area contributed by atoms with Crippen LogP contribution >= 0.6 is 0 Å². The highest BCUT2D eigenvalue weighted by atomic mass is 15.1. The molecule has 0 aliphatic heterocycles. The maximum absolute atomic E-state index is 2.46. The van der Waals surface area contributed by atoms with Gasteiger partial charge in [-0.15, -0.1) is 0 Å². The average molecular weight is 588 g/mol. The molecule has 8 aromatic rings. The average Bonchev–Trinajstić information content (AvgIpc) is 3.33. The molecule has 46 heavy (non-hydrogen) atoms. The number of hydrogen-bond donors (Lipinski definition) is 0. The first kappa shape index (κ1) is 26.7. The van der Waals surface area contributed by atoms with Crippen molar-refractivity contribution in [3.8, 4) is 22.3 Å². The molecule has 0 unspecified atom stereocenters. The van der Waals surface area contributed by atoms with E-state index in [9.17, 15) is 0 Å². The van der Waals surface area contributed by atoms with Crippen LogP contribution in [0.25, 0.3) is 54.6 Å². The summed E-state index contributed by atoms with van der Waals surface area (Å²) in [6.07, 6.45) is 0. The van der Waals surface area contributed by atoms with Crippen LogP contribution in [-0.4, -0.2) is 0 Å². The number of fused-ring (bicyclic) bond motifs is 8. The highest BCUT2D eigenvalue weighted by Crippen LogP contribution is 2.50. The van der Waals surface area contributed by atoms with Crippen molar-refractivity contribution in [2.75, 3.05) is 4.90 Å². The summed E-state index contributed by atoms with van der Waals surface area (Å²) in [6.45, 7) is 4.71. The lowest BCUT2D eigenvalue weighted by Crippen LogP contribution is -2.14. The van der Waals surface area contributed by atoms with Gasteiger partial charge in [0.25, 0.3) is 0 Å². The second-order valence-electron chi connectivity index (χ2n) is 13.0. The quantitative estimate of drug-likeness (QED) is 0.185. The molecule has 1 aliphatic rings. The van der Waals surface area contributed by atoms with Crippen molar-refractivity contribution < 1.29 is 0 Å². The molecule has 0 atom stereocenters. The molecule has 0 aromatic heterocycles. The molecule has 1 heteroatoms. The van der Waals surface area contributed by atoms with Crippen LogP contribution in [0, 0.1) is 0 Å². The molecule has 1 nitrogen and oxygen atoms in total. The molecule has 0 N–H and O–H groups in total. The molecule has 9 rings (SSSR count). The van der Waals surface area contributed by atoms with Crippen LogP contribution in [-0.2, 0) is 5.41 Å². The summed E-state index contributed by atoms with van der Waals surface area (Å²) in [5.41, 5.74) is 11.4. The minimum atomic E-state index is -0.0110. The van der Waals surface area contributed by atoms with Gasteiger partial charge in [0.15, 0.2) is 0 Å². The highest BCUT2D eigenvalue weighted by molar-refractivity contribution is 6.21. The lowest BCUT2D eigenvalue weighted by molar-refractivity contribution is 0.661. The zero-order valence-electron chi connectivity index (χ0n) is 26.0. The largest absolute Gasteiger partial charge is 0.310 e. The number of rotatable bonds is 4. The first-order valence-electron chi connectivity index (χ1n) is 16.1. The Kier molecular flexibility index (Phi) is 5.92. The van der Waals surface area contributed by atoms with Gasteiger partial charge in [-0.2, -0.15) is 0 Å². The molecule has 0 amide bonds. The van der Waals surface area contributed by atoms with Crippen molar-refractivity contribution in [1.29, 1.82) is 0 Å². The van der Waals surface area contributed by atoms with Crippen LogP contribution in [0.1, 0.15) is 25.0 Å². The van der Waals surface area contributed by atoms with Gasteiger partial charge >= 0.3 is 0 Å². The summed E-state index contributed by atoms with van der Waals surface area (Å²) >= 11 is 0. The molecule has 0 saturated carbocycles. The second-order valence-corrected chi connectivity index (χ2v) is 13.0. The Balaban J connectivity index is 1.22. The summed E-state index contributed by atoms with van der Waals surface area (Å²) in [5, 5.41) is 7.73. The number of benzene rings is 8. The van der Waals surface area contributed by atoms with Gasteiger partial charge in [-0.05, 0) is 114 Å². The Morgan fingerprint density at radius 2 is 0.978 bits per heavy atom. The monoisotopic (exact) mass is 587 g/mol. The van der Waals surface area contributed by atoms with Gasteiger partial charge in [-0.1, -0.05) is 129 Å². The van der Waals surface area contributed by atoms with E-state index in [4.69, 9.17) is 0 Å². The van der Waals surface area contributed by atoms with Gasteiger partial charge in [-0.25, -0.2) is 0 Å². The topological polar surface area (TPSA) is 3.24 Å². The van der Waals surface area contributed by atoms with Crippen LogP contribution in [0.15, 0.2) is 164 Å². The van der Waals surface area contributed by atoms with Gasteiger partial charge in [0.2, 0.25) is 0 Å². The van der Waals surface area contributed by atoms with Crippen LogP contribution in [0.5, 0.6) is 0 Å². The standard InChI is InChI=1S/C45H33N/c1-45(2)42-16-10-9-15-39(42)41-29-40-34(28-43(41)45)20-18-32-17-19-33-27-37(25-26-38(33)44(32)40)46(35-13-7-4-8-14-35)36-23-21-31(22-24-36)30-11-5-3-6-12-30/h3-29H,1-2H3. The Morgan fingerprint density at radius 3 is 1.74 bits per heavy atom. The molecule has 218 valence electrons. The van der Waals surface area contributed by atoms with Crippen molar-refractivity contribution in [3.63, 3.8) is 0 Å². The maximum Gasteiger partial charge on any atom is 0.0468 e. The smallest absolute Gasteiger partial charge is 0.0468 e. The molecular formula is C45H33N. The predicted octanol–water partition coefficient (Wildman–Crippen LogP) is 12.6. The van der Waals surface area contributed by atoms with E-state index in [0.717, 1.165) is 17.1 Å². The van der Waals surface area contributed by atoms with Crippen molar-refractivity contribution in [2.24, 2.45) is 0 Å². The highest BCUT2D eigenvalue weighted by Gasteiger charge is 2.35. The van der Waals surface area contributed by atoms with E-state index in [1.165, 1.54) is 65.7 Å². The fourth-order valence-corrected chi connectivity index (χ4v) is 7.67.